The van der Waals surface area contributed by atoms with Crippen LogP contribution in [0.25, 0.3) is 0 Å². The van der Waals surface area contributed by atoms with Crippen molar-refractivity contribution in [3.8, 4) is 0 Å². The Kier molecular flexibility index (Phi) is 4.20. The van der Waals surface area contributed by atoms with Gasteiger partial charge in [-0.1, -0.05) is 0 Å². The Morgan fingerprint density at radius 2 is 1.59 bits per heavy atom. The number of hydrogen-bond donors (Lipinski definition) is 0. The third-order valence-electron chi connectivity index (χ3n) is 1.97. The van der Waals surface area contributed by atoms with Crippen molar-refractivity contribution in [2.75, 3.05) is 13.1 Å². The number of nitrogens with zero attached hydrogens (tertiary/aromatic N) is 1. The minimum atomic E-state index is -6.02. The molecule has 2 atom stereocenters. The Balaban J connectivity index is 2.87. The maximum Gasteiger partial charge on any atom is 0.528 e. The second kappa shape index (κ2) is 4.69. The van der Waals surface area contributed by atoms with Gasteiger partial charge >= 0.3 is 15.6 Å². The molecular formula is C6H8Cl2F4NO3S+. The zero-order valence-electron chi connectivity index (χ0n) is 8.12. The summed E-state index contributed by atoms with van der Waals surface area (Å²) in [6.45, 7) is -1.44. The molecule has 0 aromatic carbocycles. The number of hydrogen-bond acceptors (Lipinski definition) is 3. The average molecular weight is 321 g/mol. The molecule has 0 bridgehead atoms. The van der Waals surface area contributed by atoms with Gasteiger partial charge in [-0.25, -0.2) is 0 Å². The van der Waals surface area contributed by atoms with Crippen molar-refractivity contribution in [1.82, 2.24) is 0 Å². The van der Waals surface area contributed by atoms with Gasteiger partial charge in [-0.3, -0.25) is 0 Å². The Labute approximate surface area is 105 Å². The van der Waals surface area contributed by atoms with E-state index in [0.29, 0.717) is 0 Å². The van der Waals surface area contributed by atoms with Gasteiger partial charge in [-0.15, -0.1) is 23.2 Å². The number of quaternary nitrogens is 1. The van der Waals surface area contributed by atoms with Crippen LogP contribution in [-0.2, 0) is 14.4 Å². The quantitative estimate of drug-likeness (QED) is 0.339. The second-order valence-electron chi connectivity index (χ2n) is 3.56. The summed E-state index contributed by atoms with van der Waals surface area (Å²) >= 11 is 11.1. The van der Waals surface area contributed by atoms with E-state index >= 15 is 0 Å². The summed E-state index contributed by atoms with van der Waals surface area (Å²) in [7, 11) is -6.02. The smallest absolute Gasteiger partial charge is 0.184 e. The average Bonchev–Trinajstić information content (AvgIpc) is 1.94. The van der Waals surface area contributed by atoms with Crippen molar-refractivity contribution in [1.29, 1.82) is 0 Å². The van der Waals surface area contributed by atoms with E-state index < -0.39 is 44.3 Å². The van der Waals surface area contributed by atoms with Crippen molar-refractivity contribution in [2.45, 2.75) is 22.7 Å². The molecular weight excluding hydrogens is 313 g/mol. The highest BCUT2D eigenvalue weighted by Crippen LogP contribution is 2.33. The summed E-state index contributed by atoms with van der Waals surface area (Å²) in [6.07, 6.45) is 0.155. The summed E-state index contributed by atoms with van der Waals surface area (Å²) in [6, 6.07) is 0. The van der Waals surface area contributed by atoms with Gasteiger partial charge in [0.2, 0.25) is 0 Å². The molecule has 17 heavy (non-hydrogen) atoms. The molecule has 1 aliphatic heterocycles. The molecule has 4 nitrogen and oxygen atoms in total. The zero-order chi connectivity index (χ0) is 13.5. The first kappa shape index (κ1) is 15.2. The Morgan fingerprint density at radius 1 is 1.18 bits per heavy atom. The highest BCUT2D eigenvalue weighted by atomic mass is 35.5. The van der Waals surface area contributed by atoms with Gasteiger partial charge in [0.1, 0.15) is 0 Å². The van der Waals surface area contributed by atoms with Crippen LogP contribution in [0.5, 0.6) is 0 Å². The van der Waals surface area contributed by atoms with E-state index in [1.807, 2.05) is 0 Å². The van der Waals surface area contributed by atoms with Gasteiger partial charge in [0.25, 0.3) is 0 Å². The predicted molar refractivity (Wildman–Crippen MR) is 51.1 cm³/mol. The summed E-state index contributed by atoms with van der Waals surface area (Å²) in [5.74, 6) is 0. The highest BCUT2D eigenvalue weighted by Gasteiger charge is 2.56. The largest absolute Gasteiger partial charge is 0.528 e. The molecule has 1 aliphatic rings. The SMILES string of the molecule is O=S(=O)(O[N+]1(F)CC(Cl)CC(Cl)C1)C(F)(F)F. The molecule has 0 aliphatic carbocycles. The number of piperidine rings is 1. The van der Waals surface area contributed by atoms with Gasteiger partial charge < -0.3 is 0 Å². The van der Waals surface area contributed by atoms with Crippen LogP contribution in [0.15, 0.2) is 0 Å². The van der Waals surface area contributed by atoms with E-state index in [1.54, 1.807) is 0 Å². The molecule has 0 amide bonds. The molecule has 1 saturated heterocycles. The van der Waals surface area contributed by atoms with Gasteiger partial charge in [0.15, 0.2) is 13.1 Å². The van der Waals surface area contributed by atoms with E-state index in [-0.39, 0.29) is 6.42 Å². The third kappa shape index (κ3) is 3.82. The molecule has 2 unspecified atom stereocenters. The van der Waals surface area contributed by atoms with Crippen LogP contribution in [0.3, 0.4) is 0 Å². The fourth-order valence-corrected chi connectivity index (χ4v) is 2.86. The van der Waals surface area contributed by atoms with Gasteiger partial charge in [0.05, 0.1) is 10.8 Å². The van der Waals surface area contributed by atoms with Crippen LogP contribution < -0.4 is 0 Å². The van der Waals surface area contributed by atoms with Crippen LogP contribution in [0.1, 0.15) is 6.42 Å². The molecule has 11 heteroatoms. The van der Waals surface area contributed by atoms with Crippen LogP contribution >= 0.6 is 23.2 Å². The Bertz CT molecular complexity index is 377. The zero-order valence-corrected chi connectivity index (χ0v) is 10.5. The lowest BCUT2D eigenvalue weighted by molar-refractivity contribution is -1.19. The van der Waals surface area contributed by atoms with Crippen molar-refractivity contribution in [3.63, 3.8) is 0 Å². The first-order valence-electron chi connectivity index (χ1n) is 4.32. The lowest BCUT2D eigenvalue weighted by Crippen LogP contribution is -2.54. The van der Waals surface area contributed by atoms with E-state index in [4.69, 9.17) is 23.2 Å². The second-order valence-corrected chi connectivity index (χ2v) is 6.31. The van der Waals surface area contributed by atoms with Crippen LogP contribution in [0.2, 0.25) is 0 Å². The van der Waals surface area contributed by atoms with E-state index in [2.05, 4.69) is 4.28 Å². The van der Waals surface area contributed by atoms with Crippen molar-refractivity contribution < 1.29 is 35.2 Å². The number of halogens is 6. The maximum atomic E-state index is 13.8. The topological polar surface area (TPSA) is 43.4 Å². The van der Waals surface area contributed by atoms with Crippen LogP contribution in [0, 0.1) is 0 Å². The number of hydroxylamine groups is 2. The molecule has 1 rings (SSSR count). The lowest BCUT2D eigenvalue weighted by Gasteiger charge is -2.30. The minimum absolute atomic E-state index is 0.155. The Morgan fingerprint density at radius 3 is 1.94 bits per heavy atom. The van der Waals surface area contributed by atoms with Crippen molar-refractivity contribution in [3.05, 3.63) is 0 Å². The molecule has 0 aromatic rings. The molecule has 102 valence electrons. The van der Waals surface area contributed by atoms with E-state index in [9.17, 15) is 26.1 Å². The van der Waals surface area contributed by atoms with Gasteiger partial charge in [-0.05, 0) is 10.7 Å². The van der Waals surface area contributed by atoms with Crippen LogP contribution in [0.4, 0.5) is 17.7 Å². The van der Waals surface area contributed by atoms with Gasteiger partial charge in [-0.2, -0.15) is 21.6 Å². The molecule has 0 radical (unpaired) electrons. The van der Waals surface area contributed by atoms with E-state index in [0.717, 1.165) is 0 Å². The summed E-state index contributed by atoms with van der Waals surface area (Å²) < 4.78 is 74.6. The molecule has 1 heterocycles. The third-order valence-corrected chi connectivity index (χ3v) is 3.63. The maximum absolute atomic E-state index is 13.8. The van der Waals surface area contributed by atoms with Crippen LogP contribution in [-0.4, -0.2) is 42.6 Å². The first-order chi connectivity index (χ1) is 7.45. The molecule has 0 saturated carbocycles. The number of rotatable bonds is 2. The predicted octanol–water partition coefficient (Wildman–Crippen LogP) is 2.09. The standard InChI is InChI=1S/C6H8Cl2F4NO3S/c7-4-1-5(8)3-13(12,2-4)16-17(14,15)6(9,10)11/h4-5H,1-3H2/q+1. The fraction of sp³-hybridized carbons (Fsp3) is 1.00. The van der Waals surface area contributed by atoms with Crippen molar-refractivity contribution >= 4 is 33.3 Å². The summed E-state index contributed by atoms with van der Waals surface area (Å²) in [4.78, 5) is -2.30. The number of alkyl halides is 5. The van der Waals surface area contributed by atoms with E-state index in [1.165, 1.54) is 0 Å². The summed E-state index contributed by atoms with van der Waals surface area (Å²) in [5, 5.41) is -1.81. The highest BCUT2D eigenvalue weighted by molar-refractivity contribution is 7.87. The molecule has 0 spiro atoms. The van der Waals surface area contributed by atoms with Gasteiger partial charge in [0, 0.05) is 9.35 Å². The minimum Gasteiger partial charge on any atom is -0.184 e. The monoisotopic (exact) mass is 320 g/mol. The summed E-state index contributed by atoms with van der Waals surface area (Å²) in [5.41, 5.74) is -5.69. The Hall–Kier alpha value is 0.170. The fourth-order valence-electron chi connectivity index (χ4n) is 1.37. The molecule has 0 aromatic heterocycles. The molecule has 1 fully saturated rings. The molecule has 0 N–H and O–H groups in total. The lowest BCUT2D eigenvalue weighted by atomic mass is 10.1. The normalized spacial score (nSPS) is 35.9. The first-order valence-corrected chi connectivity index (χ1v) is 6.61. The van der Waals surface area contributed by atoms with Crippen molar-refractivity contribution in [2.24, 2.45) is 0 Å².